The van der Waals surface area contributed by atoms with Crippen LogP contribution in [0.5, 0.6) is 0 Å². The van der Waals surface area contributed by atoms with E-state index >= 15 is 0 Å². The number of alkyl halides is 3. The van der Waals surface area contributed by atoms with Crippen LogP contribution in [0.3, 0.4) is 0 Å². The number of carbonyl (C=O) groups is 2. The zero-order valence-electron chi connectivity index (χ0n) is 21.0. The minimum atomic E-state index is -4.75. The summed E-state index contributed by atoms with van der Waals surface area (Å²) in [5, 5.41) is 2.53. The Morgan fingerprint density at radius 1 is 1.08 bits per heavy atom. The van der Waals surface area contributed by atoms with Crippen molar-refractivity contribution in [1.29, 1.82) is 0 Å². The van der Waals surface area contributed by atoms with Crippen LogP contribution in [-0.2, 0) is 32.2 Å². The molecule has 7 nitrogen and oxygen atoms in total. The number of hydrogen-bond donors (Lipinski definition) is 1. The van der Waals surface area contributed by atoms with E-state index in [2.05, 4.69) is 5.32 Å². The van der Waals surface area contributed by atoms with Crippen LogP contribution in [0.2, 0.25) is 5.02 Å². The largest absolute Gasteiger partial charge is 0.416 e. The van der Waals surface area contributed by atoms with Gasteiger partial charge in [-0.15, -0.1) is 0 Å². The molecule has 0 fully saturated rings. The van der Waals surface area contributed by atoms with E-state index in [1.807, 2.05) is 44.2 Å². The number of amides is 2. The highest BCUT2D eigenvalue weighted by molar-refractivity contribution is 7.92. The summed E-state index contributed by atoms with van der Waals surface area (Å²) in [6.45, 7) is 4.45. The summed E-state index contributed by atoms with van der Waals surface area (Å²) in [4.78, 5) is 27.5. The van der Waals surface area contributed by atoms with Crippen LogP contribution < -0.4 is 9.62 Å². The zero-order chi connectivity index (χ0) is 28.0. The molecule has 2 aromatic rings. The van der Waals surface area contributed by atoms with E-state index in [0.29, 0.717) is 23.2 Å². The van der Waals surface area contributed by atoms with Crippen LogP contribution in [0.15, 0.2) is 48.5 Å². The molecule has 12 heteroatoms. The summed E-state index contributed by atoms with van der Waals surface area (Å²) in [7, 11) is -4.23. The van der Waals surface area contributed by atoms with Crippen molar-refractivity contribution in [3.63, 3.8) is 0 Å². The maximum Gasteiger partial charge on any atom is 0.416 e. The van der Waals surface area contributed by atoms with Gasteiger partial charge < -0.3 is 10.2 Å². The SMILES string of the molecule is CC[C@@H](C)NC(=O)[C@@H](C)N(CCc1ccccc1)C(=O)CN(c1cc(C(F)(F)F)ccc1Cl)S(C)(=O)=O. The number of halogens is 4. The Morgan fingerprint density at radius 2 is 1.70 bits per heavy atom. The lowest BCUT2D eigenvalue weighted by Gasteiger charge is -2.32. The van der Waals surface area contributed by atoms with Gasteiger partial charge in [0.05, 0.1) is 22.5 Å². The molecule has 0 spiro atoms. The van der Waals surface area contributed by atoms with Crippen molar-refractivity contribution in [2.75, 3.05) is 23.7 Å². The number of nitrogens with one attached hydrogen (secondary N) is 1. The highest BCUT2D eigenvalue weighted by Crippen LogP contribution is 2.36. The Kier molecular flexibility index (Phi) is 10.4. The van der Waals surface area contributed by atoms with Gasteiger partial charge in [0.15, 0.2) is 0 Å². The molecule has 0 aromatic heterocycles. The minimum absolute atomic E-state index is 0.0753. The van der Waals surface area contributed by atoms with Crippen LogP contribution in [0, 0.1) is 0 Å². The summed E-state index contributed by atoms with van der Waals surface area (Å²) in [6.07, 6.45) is -2.95. The second-order valence-electron chi connectivity index (χ2n) is 8.75. The second-order valence-corrected chi connectivity index (χ2v) is 11.1. The fraction of sp³-hybridized carbons (Fsp3) is 0.440. The molecule has 0 unspecified atom stereocenters. The standard InChI is InChI=1S/C25H31ClF3N3O4S/c1-5-17(2)30-24(34)18(3)31(14-13-19-9-7-6-8-10-19)23(33)16-32(37(4,35)36)22-15-20(25(27,28)29)11-12-21(22)26/h6-12,15,17-18H,5,13-14,16H2,1-4H3,(H,30,34)/t17-,18-/m1/s1. The smallest absolute Gasteiger partial charge is 0.352 e. The lowest BCUT2D eigenvalue weighted by atomic mass is 10.1. The number of hydrogen-bond acceptors (Lipinski definition) is 4. The van der Waals surface area contributed by atoms with Gasteiger partial charge in [-0.2, -0.15) is 13.2 Å². The number of nitrogens with zero attached hydrogens (tertiary/aromatic N) is 2. The van der Waals surface area contributed by atoms with E-state index in [1.165, 1.54) is 11.8 Å². The third-order valence-corrected chi connectivity index (χ3v) is 7.32. The molecule has 37 heavy (non-hydrogen) atoms. The monoisotopic (exact) mass is 561 g/mol. The Bertz CT molecular complexity index is 1190. The van der Waals surface area contributed by atoms with E-state index in [9.17, 15) is 31.2 Å². The first-order chi connectivity index (χ1) is 17.1. The number of carbonyl (C=O) groups excluding carboxylic acids is 2. The van der Waals surface area contributed by atoms with Gasteiger partial charge in [-0.3, -0.25) is 13.9 Å². The van der Waals surface area contributed by atoms with Gasteiger partial charge in [-0.25, -0.2) is 8.42 Å². The van der Waals surface area contributed by atoms with Crippen molar-refractivity contribution >= 4 is 39.1 Å². The summed E-state index contributed by atoms with van der Waals surface area (Å²) in [6, 6.07) is 10.3. The molecule has 1 N–H and O–H groups in total. The van der Waals surface area contributed by atoms with Gasteiger partial charge in [-0.05, 0) is 50.5 Å². The molecule has 0 aliphatic carbocycles. The van der Waals surface area contributed by atoms with Crippen molar-refractivity contribution in [2.24, 2.45) is 0 Å². The highest BCUT2D eigenvalue weighted by Gasteiger charge is 2.34. The lowest BCUT2D eigenvalue weighted by molar-refractivity contribution is -0.139. The van der Waals surface area contributed by atoms with Gasteiger partial charge in [0.1, 0.15) is 12.6 Å². The molecule has 0 bridgehead atoms. The van der Waals surface area contributed by atoms with E-state index in [-0.39, 0.29) is 17.6 Å². The molecular weight excluding hydrogens is 531 g/mol. The molecule has 2 amide bonds. The van der Waals surface area contributed by atoms with Gasteiger partial charge in [0.25, 0.3) is 0 Å². The number of rotatable bonds is 11. The topological polar surface area (TPSA) is 86.8 Å². The second kappa shape index (κ2) is 12.6. The van der Waals surface area contributed by atoms with E-state index in [0.717, 1.165) is 24.0 Å². The van der Waals surface area contributed by atoms with Gasteiger partial charge >= 0.3 is 6.18 Å². The van der Waals surface area contributed by atoms with Crippen LogP contribution in [0.25, 0.3) is 0 Å². The molecule has 0 saturated heterocycles. The lowest BCUT2D eigenvalue weighted by Crippen LogP contribution is -2.53. The number of benzene rings is 2. The summed E-state index contributed by atoms with van der Waals surface area (Å²) >= 11 is 6.08. The molecular formula is C25H31ClF3N3O4S. The molecule has 0 aliphatic heterocycles. The Morgan fingerprint density at radius 3 is 2.24 bits per heavy atom. The van der Waals surface area contributed by atoms with Crippen LogP contribution >= 0.6 is 11.6 Å². The van der Waals surface area contributed by atoms with Crippen LogP contribution in [0.4, 0.5) is 18.9 Å². The number of sulfonamides is 1. The Hall–Kier alpha value is -2.79. The van der Waals surface area contributed by atoms with Crippen molar-refractivity contribution in [2.45, 2.75) is 51.9 Å². The quantitative estimate of drug-likeness (QED) is 0.438. The van der Waals surface area contributed by atoms with Gasteiger partial charge in [0.2, 0.25) is 21.8 Å². The molecule has 2 rings (SSSR count). The maximum absolute atomic E-state index is 13.5. The molecule has 0 radical (unpaired) electrons. The zero-order valence-corrected chi connectivity index (χ0v) is 22.6. The summed E-state index contributed by atoms with van der Waals surface area (Å²) < 4.78 is 65.7. The molecule has 0 aliphatic rings. The predicted octanol–water partition coefficient (Wildman–Crippen LogP) is 4.50. The fourth-order valence-corrected chi connectivity index (χ4v) is 4.63. The minimum Gasteiger partial charge on any atom is -0.352 e. The van der Waals surface area contributed by atoms with Crippen LogP contribution in [0.1, 0.15) is 38.3 Å². The van der Waals surface area contributed by atoms with Crippen molar-refractivity contribution in [3.05, 3.63) is 64.7 Å². The average molecular weight is 562 g/mol. The highest BCUT2D eigenvalue weighted by atomic mass is 35.5. The molecule has 0 saturated carbocycles. The first kappa shape index (κ1) is 30.4. The first-order valence-corrected chi connectivity index (χ1v) is 13.9. The molecule has 2 aromatic carbocycles. The molecule has 2 atom stereocenters. The normalized spacial score (nSPS) is 13.5. The van der Waals surface area contributed by atoms with Gasteiger partial charge in [-0.1, -0.05) is 48.9 Å². The van der Waals surface area contributed by atoms with E-state index in [4.69, 9.17) is 11.6 Å². The third-order valence-electron chi connectivity index (χ3n) is 5.87. The third kappa shape index (κ3) is 8.63. The molecule has 204 valence electrons. The van der Waals surface area contributed by atoms with Gasteiger partial charge in [0, 0.05) is 12.6 Å². The van der Waals surface area contributed by atoms with E-state index < -0.39 is 51.9 Å². The maximum atomic E-state index is 13.5. The molecule has 0 heterocycles. The summed E-state index contributed by atoms with van der Waals surface area (Å²) in [5.74, 6) is -1.19. The van der Waals surface area contributed by atoms with Crippen molar-refractivity contribution < 1.29 is 31.2 Å². The Balaban J connectivity index is 2.42. The summed E-state index contributed by atoms with van der Waals surface area (Å²) in [5.41, 5.74) is -0.710. The van der Waals surface area contributed by atoms with E-state index in [1.54, 1.807) is 0 Å². The average Bonchev–Trinajstić information content (AvgIpc) is 2.82. The Labute approximate surface area is 220 Å². The van der Waals surface area contributed by atoms with Crippen molar-refractivity contribution in [1.82, 2.24) is 10.2 Å². The predicted molar refractivity (Wildman–Crippen MR) is 138 cm³/mol. The first-order valence-electron chi connectivity index (χ1n) is 11.6. The fourth-order valence-electron chi connectivity index (χ4n) is 3.51. The van der Waals surface area contributed by atoms with Crippen LogP contribution in [-0.4, -0.2) is 56.6 Å². The van der Waals surface area contributed by atoms with Crippen molar-refractivity contribution in [3.8, 4) is 0 Å². The number of anilines is 1.